The highest BCUT2D eigenvalue weighted by Gasteiger charge is 2.18. The summed E-state index contributed by atoms with van der Waals surface area (Å²) in [6, 6.07) is 8.38. The molecule has 0 aliphatic heterocycles. The lowest BCUT2D eigenvalue weighted by atomic mass is 9.99. The summed E-state index contributed by atoms with van der Waals surface area (Å²) in [5.74, 6) is 0.853. The van der Waals surface area contributed by atoms with Crippen molar-refractivity contribution in [2.45, 2.75) is 63.4 Å². The average molecular weight is 290 g/mol. The van der Waals surface area contributed by atoms with Gasteiger partial charge in [-0.05, 0) is 44.2 Å². The van der Waals surface area contributed by atoms with Crippen LogP contribution in [0, 0.1) is 12.8 Å². The predicted octanol–water partition coefficient (Wildman–Crippen LogP) is 5.32. The Morgan fingerprint density at radius 2 is 2.05 bits per heavy atom. The van der Waals surface area contributed by atoms with Crippen molar-refractivity contribution in [1.82, 2.24) is 0 Å². The molecule has 1 aliphatic carbocycles. The lowest BCUT2D eigenvalue weighted by Gasteiger charge is -2.17. The van der Waals surface area contributed by atoms with E-state index in [9.17, 15) is 5.11 Å². The van der Waals surface area contributed by atoms with Gasteiger partial charge >= 0.3 is 0 Å². The molecular weight excluding hydrogens is 264 g/mol. The molecule has 1 aromatic rings. The highest BCUT2D eigenvalue weighted by Crippen LogP contribution is 2.34. The normalized spacial score (nSPS) is 18.4. The predicted molar refractivity (Wildman–Crippen MR) is 88.0 cm³/mol. The van der Waals surface area contributed by atoms with Crippen molar-refractivity contribution >= 4 is 11.8 Å². The Hall–Kier alpha value is -0.730. The summed E-state index contributed by atoms with van der Waals surface area (Å²) in [6.07, 6.45) is 9.34. The Bertz CT molecular complexity index is 446. The van der Waals surface area contributed by atoms with Crippen LogP contribution in [0.5, 0.6) is 0 Å². The van der Waals surface area contributed by atoms with Gasteiger partial charge in [0, 0.05) is 9.80 Å². The molecule has 1 nitrogen and oxygen atoms in total. The van der Waals surface area contributed by atoms with Gasteiger partial charge in [0.15, 0.2) is 0 Å². The summed E-state index contributed by atoms with van der Waals surface area (Å²) in [4.78, 5) is 2.35. The third-order valence-electron chi connectivity index (χ3n) is 4.26. The molecule has 0 amide bonds. The maximum Gasteiger partial charge on any atom is 0.0848 e. The van der Waals surface area contributed by atoms with E-state index >= 15 is 0 Å². The lowest BCUT2D eigenvalue weighted by Crippen LogP contribution is -2.10. The van der Waals surface area contributed by atoms with E-state index in [1.54, 1.807) is 11.8 Å². The van der Waals surface area contributed by atoms with Gasteiger partial charge in [0.2, 0.25) is 0 Å². The van der Waals surface area contributed by atoms with Crippen LogP contribution < -0.4 is 0 Å². The highest BCUT2D eigenvalue weighted by atomic mass is 32.2. The zero-order valence-corrected chi connectivity index (χ0v) is 13.5. The van der Waals surface area contributed by atoms with Gasteiger partial charge in [0.05, 0.1) is 6.10 Å². The quantitative estimate of drug-likeness (QED) is 0.715. The fourth-order valence-electron chi connectivity index (χ4n) is 2.95. The molecule has 1 atom stereocenters. The van der Waals surface area contributed by atoms with Gasteiger partial charge in [0.25, 0.3) is 0 Å². The second kappa shape index (κ2) is 7.90. The molecule has 2 heteroatoms. The first kappa shape index (κ1) is 15.7. The molecule has 1 aliphatic rings. The Labute approximate surface area is 127 Å². The van der Waals surface area contributed by atoms with Crippen LogP contribution in [0.3, 0.4) is 0 Å². The van der Waals surface area contributed by atoms with Gasteiger partial charge < -0.3 is 5.11 Å². The molecule has 1 fully saturated rings. The summed E-state index contributed by atoms with van der Waals surface area (Å²) in [6.45, 7) is 4.15. The van der Waals surface area contributed by atoms with Gasteiger partial charge in [-0.25, -0.2) is 0 Å². The van der Waals surface area contributed by atoms with Gasteiger partial charge in [-0.1, -0.05) is 61.7 Å². The highest BCUT2D eigenvalue weighted by molar-refractivity contribution is 8.03. The van der Waals surface area contributed by atoms with Crippen LogP contribution in [0.1, 0.15) is 51.0 Å². The largest absolute Gasteiger partial charge is 0.388 e. The number of hydrogen-bond acceptors (Lipinski definition) is 2. The SMILES string of the molecule is C/C=C(\Sc1ccccc1C)C(O)CCC1CCCC1. The summed E-state index contributed by atoms with van der Waals surface area (Å²) < 4.78 is 0. The summed E-state index contributed by atoms with van der Waals surface area (Å²) >= 11 is 1.72. The van der Waals surface area contributed by atoms with E-state index < -0.39 is 0 Å². The molecule has 1 aromatic carbocycles. The summed E-state index contributed by atoms with van der Waals surface area (Å²) in [5.41, 5.74) is 1.28. The second-order valence-electron chi connectivity index (χ2n) is 5.80. The zero-order valence-electron chi connectivity index (χ0n) is 12.6. The van der Waals surface area contributed by atoms with Crippen LogP contribution in [0.4, 0.5) is 0 Å². The third-order valence-corrected chi connectivity index (χ3v) is 5.68. The molecule has 1 N–H and O–H groups in total. The monoisotopic (exact) mass is 290 g/mol. The molecule has 0 spiro atoms. The maximum atomic E-state index is 10.4. The van der Waals surface area contributed by atoms with Crippen LogP contribution in [-0.2, 0) is 0 Å². The molecule has 2 rings (SSSR count). The molecule has 1 saturated carbocycles. The maximum absolute atomic E-state index is 10.4. The van der Waals surface area contributed by atoms with Crippen molar-refractivity contribution in [1.29, 1.82) is 0 Å². The number of rotatable bonds is 6. The molecule has 0 saturated heterocycles. The minimum atomic E-state index is -0.301. The van der Waals surface area contributed by atoms with Crippen molar-refractivity contribution in [3.63, 3.8) is 0 Å². The van der Waals surface area contributed by atoms with E-state index in [2.05, 4.69) is 37.3 Å². The molecule has 110 valence electrons. The summed E-state index contributed by atoms with van der Waals surface area (Å²) in [5, 5.41) is 10.4. The Balaban J connectivity index is 1.89. The fourth-order valence-corrected chi connectivity index (χ4v) is 3.95. The van der Waals surface area contributed by atoms with Crippen molar-refractivity contribution in [2.75, 3.05) is 0 Å². The summed E-state index contributed by atoms with van der Waals surface area (Å²) in [7, 11) is 0. The molecule has 0 bridgehead atoms. The van der Waals surface area contributed by atoms with E-state index in [4.69, 9.17) is 0 Å². The van der Waals surface area contributed by atoms with Crippen molar-refractivity contribution in [3.05, 3.63) is 40.8 Å². The van der Waals surface area contributed by atoms with Gasteiger partial charge in [0.1, 0.15) is 0 Å². The molecule has 0 aromatic heterocycles. The van der Waals surface area contributed by atoms with Gasteiger partial charge in [-0.2, -0.15) is 0 Å². The number of aryl methyl sites for hydroxylation is 1. The number of aliphatic hydroxyl groups is 1. The topological polar surface area (TPSA) is 20.2 Å². The minimum Gasteiger partial charge on any atom is -0.388 e. The molecular formula is C18H26OS. The zero-order chi connectivity index (χ0) is 14.4. The lowest BCUT2D eigenvalue weighted by molar-refractivity contribution is 0.196. The van der Waals surface area contributed by atoms with Crippen molar-refractivity contribution in [2.24, 2.45) is 5.92 Å². The van der Waals surface area contributed by atoms with Crippen LogP contribution in [0.25, 0.3) is 0 Å². The molecule has 0 heterocycles. The number of aliphatic hydroxyl groups excluding tert-OH is 1. The standard InChI is InChI=1S/C18H26OS/c1-3-17(20-18-11-7-4-8-14(18)2)16(19)13-12-15-9-5-6-10-15/h3-4,7-8,11,15-16,19H,5-6,9-10,12-13H2,1-2H3/b17-3-. The smallest absolute Gasteiger partial charge is 0.0848 e. The van der Waals surface area contributed by atoms with Crippen LogP contribution >= 0.6 is 11.8 Å². The molecule has 20 heavy (non-hydrogen) atoms. The number of thioether (sulfide) groups is 1. The third kappa shape index (κ3) is 4.39. The number of benzene rings is 1. The van der Waals surface area contributed by atoms with Crippen LogP contribution in [-0.4, -0.2) is 11.2 Å². The van der Waals surface area contributed by atoms with Crippen LogP contribution in [0.2, 0.25) is 0 Å². The number of allylic oxidation sites excluding steroid dienone is 1. The van der Waals surface area contributed by atoms with Gasteiger partial charge in [-0.15, -0.1) is 0 Å². The van der Waals surface area contributed by atoms with E-state index in [1.807, 2.05) is 6.92 Å². The Morgan fingerprint density at radius 3 is 2.70 bits per heavy atom. The van der Waals surface area contributed by atoms with E-state index in [0.29, 0.717) is 0 Å². The second-order valence-corrected chi connectivity index (χ2v) is 6.92. The van der Waals surface area contributed by atoms with Crippen LogP contribution in [0.15, 0.2) is 40.1 Å². The molecule has 1 unspecified atom stereocenters. The first-order valence-corrected chi connectivity index (χ1v) is 8.60. The van der Waals surface area contributed by atoms with E-state index in [-0.39, 0.29) is 6.10 Å². The first-order valence-electron chi connectivity index (χ1n) is 7.78. The Morgan fingerprint density at radius 1 is 1.35 bits per heavy atom. The number of hydrogen-bond donors (Lipinski definition) is 1. The van der Waals surface area contributed by atoms with Crippen molar-refractivity contribution < 1.29 is 5.11 Å². The first-order chi connectivity index (χ1) is 9.70. The Kier molecular flexibility index (Phi) is 6.18. The minimum absolute atomic E-state index is 0.301. The molecule has 0 radical (unpaired) electrons. The van der Waals surface area contributed by atoms with E-state index in [0.717, 1.165) is 17.2 Å². The van der Waals surface area contributed by atoms with Crippen molar-refractivity contribution in [3.8, 4) is 0 Å². The van der Waals surface area contributed by atoms with E-state index in [1.165, 1.54) is 42.6 Å². The average Bonchev–Trinajstić information content (AvgIpc) is 2.97. The fraction of sp³-hybridized carbons (Fsp3) is 0.556. The van der Waals surface area contributed by atoms with Gasteiger partial charge in [-0.3, -0.25) is 0 Å².